The first kappa shape index (κ1) is 22.1. The highest BCUT2D eigenvalue weighted by Crippen LogP contribution is 2.37. The van der Waals surface area contributed by atoms with Crippen LogP contribution in [0.25, 0.3) is 11.1 Å². The molecule has 0 spiro atoms. The van der Waals surface area contributed by atoms with Crippen LogP contribution in [0, 0.1) is 0 Å². The minimum Gasteiger partial charge on any atom is -0.480 e. The topological polar surface area (TPSA) is 40.5 Å². The van der Waals surface area contributed by atoms with E-state index < -0.39 is 29.8 Å². The molecular weight excluding hydrogens is 415 g/mol. The average molecular weight is 439 g/mol. The third-order valence-corrected chi connectivity index (χ3v) is 6.05. The van der Waals surface area contributed by atoms with Crippen LogP contribution in [0.5, 0.6) is 0 Å². The zero-order valence-corrected chi connectivity index (χ0v) is 17.4. The molecule has 1 aliphatic rings. The van der Waals surface area contributed by atoms with Gasteiger partial charge in [-0.25, -0.2) is 0 Å². The number of hydrogen-bond acceptors (Lipinski definition) is 2. The largest absolute Gasteiger partial charge is 0.480 e. The Labute approximate surface area is 185 Å². The predicted molar refractivity (Wildman–Crippen MR) is 117 cm³/mol. The Morgan fingerprint density at radius 1 is 0.844 bits per heavy atom. The molecular formula is C26H24F3NO2. The third kappa shape index (κ3) is 4.70. The number of carboxylic acids is 1. The number of piperidine rings is 1. The molecule has 0 bridgehead atoms. The van der Waals surface area contributed by atoms with Crippen LogP contribution < -0.4 is 0 Å². The summed E-state index contributed by atoms with van der Waals surface area (Å²) in [5.74, 6) is -0.900. The first-order chi connectivity index (χ1) is 15.3. The third-order valence-electron chi connectivity index (χ3n) is 6.05. The summed E-state index contributed by atoms with van der Waals surface area (Å²) in [6, 6.07) is 21.7. The van der Waals surface area contributed by atoms with Crippen LogP contribution in [-0.2, 0) is 11.0 Å². The number of likely N-dealkylation sites (tertiary alicyclic amines) is 1. The van der Waals surface area contributed by atoms with Gasteiger partial charge in [-0.15, -0.1) is 0 Å². The number of halogens is 3. The lowest BCUT2D eigenvalue weighted by Gasteiger charge is -2.39. The van der Waals surface area contributed by atoms with Crippen LogP contribution >= 0.6 is 0 Å². The van der Waals surface area contributed by atoms with Gasteiger partial charge in [-0.2, -0.15) is 13.2 Å². The summed E-state index contributed by atoms with van der Waals surface area (Å²) in [5, 5.41) is 9.80. The van der Waals surface area contributed by atoms with E-state index in [1.54, 1.807) is 0 Å². The quantitative estimate of drug-likeness (QED) is 0.500. The molecule has 0 amide bonds. The zero-order chi connectivity index (χ0) is 22.7. The summed E-state index contributed by atoms with van der Waals surface area (Å²) in [6.07, 6.45) is -2.22. The minimum atomic E-state index is -4.42. The highest BCUT2D eigenvalue weighted by molar-refractivity contribution is 5.74. The maximum absolute atomic E-state index is 13.1. The SMILES string of the molecule is O=C(O)C1CCCCN1C(c1ccc(-c2ccccc2)cc1)c1ccc(C(F)(F)F)cc1. The molecule has 3 aromatic carbocycles. The molecule has 3 aromatic rings. The molecule has 0 radical (unpaired) electrons. The summed E-state index contributed by atoms with van der Waals surface area (Å²) in [7, 11) is 0. The maximum atomic E-state index is 13.1. The molecule has 3 nitrogen and oxygen atoms in total. The number of aliphatic carboxylic acids is 1. The number of hydrogen-bond donors (Lipinski definition) is 1. The Hall–Kier alpha value is -3.12. The smallest absolute Gasteiger partial charge is 0.416 e. The number of rotatable bonds is 5. The molecule has 0 aromatic heterocycles. The van der Waals surface area contributed by atoms with E-state index in [2.05, 4.69) is 0 Å². The van der Waals surface area contributed by atoms with Gasteiger partial charge in [-0.05, 0) is 53.8 Å². The monoisotopic (exact) mass is 439 g/mol. The van der Waals surface area contributed by atoms with Crippen LogP contribution in [0.1, 0.15) is 42.0 Å². The Morgan fingerprint density at radius 3 is 1.97 bits per heavy atom. The first-order valence-corrected chi connectivity index (χ1v) is 10.7. The van der Waals surface area contributed by atoms with E-state index in [0.717, 1.165) is 41.7 Å². The van der Waals surface area contributed by atoms with Crippen molar-refractivity contribution in [2.24, 2.45) is 0 Å². The molecule has 1 aliphatic heterocycles. The van der Waals surface area contributed by atoms with Crippen molar-refractivity contribution in [3.05, 3.63) is 95.6 Å². The van der Waals surface area contributed by atoms with Gasteiger partial charge in [0.2, 0.25) is 0 Å². The number of nitrogens with zero attached hydrogens (tertiary/aromatic N) is 1. The first-order valence-electron chi connectivity index (χ1n) is 10.7. The standard InChI is InChI=1S/C26H24F3NO2/c27-26(28,29)22-15-13-21(14-16-22)24(30-17-5-4-8-23(30)25(31)32)20-11-9-19(10-12-20)18-6-2-1-3-7-18/h1-3,6-7,9-16,23-24H,4-5,8,17H2,(H,31,32). The van der Waals surface area contributed by atoms with Crippen LogP contribution in [0.2, 0.25) is 0 Å². The van der Waals surface area contributed by atoms with Crippen molar-refractivity contribution in [1.82, 2.24) is 4.90 Å². The van der Waals surface area contributed by atoms with Crippen molar-refractivity contribution in [2.75, 3.05) is 6.54 Å². The average Bonchev–Trinajstić information content (AvgIpc) is 2.80. The lowest BCUT2D eigenvalue weighted by atomic mass is 9.90. The minimum absolute atomic E-state index is 0.441. The van der Waals surface area contributed by atoms with Crippen molar-refractivity contribution in [2.45, 2.75) is 37.5 Å². The fourth-order valence-corrected chi connectivity index (χ4v) is 4.45. The summed E-state index contributed by atoms with van der Waals surface area (Å²) >= 11 is 0. The summed E-state index contributed by atoms with van der Waals surface area (Å²) in [5.41, 5.74) is 2.88. The normalized spacial score (nSPS) is 18.3. The van der Waals surface area contributed by atoms with E-state index in [-0.39, 0.29) is 0 Å². The van der Waals surface area contributed by atoms with Gasteiger partial charge in [0.05, 0.1) is 11.6 Å². The van der Waals surface area contributed by atoms with E-state index in [0.29, 0.717) is 18.5 Å². The van der Waals surface area contributed by atoms with Crippen LogP contribution in [0.15, 0.2) is 78.9 Å². The van der Waals surface area contributed by atoms with Gasteiger partial charge in [0.15, 0.2) is 0 Å². The van der Waals surface area contributed by atoms with Crippen molar-refractivity contribution in [3.8, 4) is 11.1 Å². The molecule has 0 saturated carbocycles. The molecule has 1 saturated heterocycles. The summed E-state index contributed by atoms with van der Waals surface area (Å²) in [6.45, 7) is 0.573. The summed E-state index contributed by atoms with van der Waals surface area (Å²) < 4.78 is 39.3. The maximum Gasteiger partial charge on any atom is 0.416 e. The van der Waals surface area contributed by atoms with Crippen molar-refractivity contribution in [1.29, 1.82) is 0 Å². The van der Waals surface area contributed by atoms with Gasteiger partial charge in [0.1, 0.15) is 6.04 Å². The van der Waals surface area contributed by atoms with E-state index in [1.807, 2.05) is 59.5 Å². The molecule has 1 N–H and O–H groups in total. The Morgan fingerprint density at radius 2 is 1.41 bits per heavy atom. The molecule has 1 fully saturated rings. The number of alkyl halides is 3. The molecule has 4 rings (SSSR count). The zero-order valence-electron chi connectivity index (χ0n) is 17.4. The lowest BCUT2D eigenvalue weighted by molar-refractivity contribution is -0.145. The highest BCUT2D eigenvalue weighted by atomic mass is 19.4. The lowest BCUT2D eigenvalue weighted by Crippen LogP contribution is -2.46. The van der Waals surface area contributed by atoms with E-state index in [4.69, 9.17) is 0 Å². The molecule has 6 heteroatoms. The number of carbonyl (C=O) groups is 1. The van der Waals surface area contributed by atoms with E-state index in [1.165, 1.54) is 12.1 Å². The molecule has 0 aliphatic carbocycles. The van der Waals surface area contributed by atoms with Crippen LogP contribution in [0.4, 0.5) is 13.2 Å². The van der Waals surface area contributed by atoms with Crippen molar-refractivity contribution in [3.63, 3.8) is 0 Å². The van der Waals surface area contributed by atoms with Crippen molar-refractivity contribution < 1.29 is 23.1 Å². The Bertz CT molecular complexity index is 1050. The molecule has 1 heterocycles. The van der Waals surface area contributed by atoms with Gasteiger partial charge in [-0.1, -0.05) is 73.2 Å². The Kier molecular flexibility index (Phi) is 6.33. The molecule has 166 valence electrons. The fourth-order valence-electron chi connectivity index (χ4n) is 4.45. The van der Waals surface area contributed by atoms with Gasteiger partial charge < -0.3 is 5.11 Å². The van der Waals surface area contributed by atoms with Gasteiger partial charge >= 0.3 is 12.1 Å². The number of benzene rings is 3. The van der Waals surface area contributed by atoms with Crippen LogP contribution in [0.3, 0.4) is 0 Å². The second-order valence-corrected chi connectivity index (χ2v) is 8.10. The summed E-state index contributed by atoms with van der Waals surface area (Å²) in [4.78, 5) is 13.9. The molecule has 32 heavy (non-hydrogen) atoms. The second-order valence-electron chi connectivity index (χ2n) is 8.10. The van der Waals surface area contributed by atoms with Gasteiger partial charge in [0, 0.05) is 0 Å². The predicted octanol–water partition coefficient (Wildman–Crippen LogP) is 6.40. The highest BCUT2D eigenvalue weighted by Gasteiger charge is 2.36. The molecule has 2 unspecified atom stereocenters. The van der Waals surface area contributed by atoms with E-state index in [9.17, 15) is 23.1 Å². The number of carboxylic acid groups (broad SMARTS) is 1. The van der Waals surface area contributed by atoms with Gasteiger partial charge in [-0.3, -0.25) is 9.69 Å². The van der Waals surface area contributed by atoms with Crippen molar-refractivity contribution >= 4 is 5.97 Å². The second kappa shape index (κ2) is 9.17. The Balaban J connectivity index is 1.74. The fraction of sp³-hybridized carbons (Fsp3) is 0.269. The van der Waals surface area contributed by atoms with Gasteiger partial charge in [0.25, 0.3) is 0 Å². The molecule has 2 atom stereocenters. The van der Waals surface area contributed by atoms with E-state index >= 15 is 0 Å². The van der Waals surface area contributed by atoms with Crippen LogP contribution in [-0.4, -0.2) is 28.6 Å².